The average Bonchev–Trinajstić information content (AvgIpc) is 3.10. The Morgan fingerprint density at radius 1 is 1.39 bits per heavy atom. The number of benzene rings is 1. The lowest BCUT2D eigenvalue weighted by Gasteiger charge is -2.01. The molecule has 0 atom stereocenters. The van der Waals surface area contributed by atoms with E-state index in [4.69, 9.17) is 0 Å². The van der Waals surface area contributed by atoms with Crippen molar-refractivity contribution < 1.29 is 4.79 Å². The van der Waals surface area contributed by atoms with Crippen LogP contribution in [0.3, 0.4) is 0 Å². The third kappa shape index (κ3) is 3.73. The first-order chi connectivity index (χ1) is 11.0. The third-order valence-corrected chi connectivity index (χ3v) is 4.42. The first kappa shape index (κ1) is 15.6. The van der Waals surface area contributed by atoms with Crippen molar-refractivity contribution in [3.63, 3.8) is 0 Å². The summed E-state index contributed by atoms with van der Waals surface area (Å²) in [5.74, 6) is -0.0557. The van der Waals surface area contributed by atoms with Crippen LogP contribution >= 0.6 is 11.3 Å². The highest BCUT2D eigenvalue weighted by molar-refractivity contribution is 7.22. The molecular formula is C16H19N5OS. The molecule has 0 aliphatic rings. The summed E-state index contributed by atoms with van der Waals surface area (Å²) in [4.78, 5) is 16.5. The molecular weight excluding hydrogens is 310 g/mol. The summed E-state index contributed by atoms with van der Waals surface area (Å²) in [7, 11) is 0. The van der Waals surface area contributed by atoms with Crippen molar-refractivity contribution in [2.45, 2.75) is 39.7 Å². The number of thiazole rings is 1. The SMILES string of the molecule is Cc1ccc2nc(NC(=O)CCc3cn(C(C)C)nn3)sc2c1. The Labute approximate surface area is 138 Å². The zero-order valence-electron chi connectivity index (χ0n) is 13.4. The van der Waals surface area contributed by atoms with Gasteiger partial charge in [-0.05, 0) is 38.5 Å². The van der Waals surface area contributed by atoms with E-state index in [2.05, 4.69) is 26.7 Å². The summed E-state index contributed by atoms with van der Waals surface area (Å²) in [5.41, 5.74) is 2.93. The number of rotatable bonds is 5. The van der Waals surface area contributed by atoms with Gasteiger partial charge < -0.3 is 5.32 Å². The number of nitrogens with one attached hydrogen (secondary N) is 1. The van der Waals surface area contributed by atoms with Crippen LogP contribution in [-0.4, -0.2) is 25.9 Å². The van der Waals surface area contributed by atoms with Crippen LogP contribution in [0.2, 0.25) is 0 Å². The standard InChI is InChI=1S/C16H19N5OS/c1-10(2)21-9-12(19-20-21)5-7-15(22)18-16-17-13-6-4-11(3)8-14(13)23-16/h4,6,8-10H,5,7H2,1-3H3,(H,17,18,22). The van der Waals surface area contributed by atoms with Crippen LogP contribution in [0.15, 0.2) is 24.4 Å². The molecule has 0 fully saturated rings. The quantitative estimate of drug-likeness (QED) is 0.779. The lowest BCUT2D eigenvalue weighted by molar-refractivity contribution is -0.116. The minimum Gasteiger partial charge on any atom is -0.302 e. The molecule has 6 nitrogen and oxygen atoms in total. The molecule has 1 N–H and O–H groups in total. The van der Waals surface area contributed by atoms with Crippen molar-refractivity contribution in [2.75, 3.05) is 5.32 Å². The zero-order valence-corrected chi connectivity index (χ0v) is 14.2. The summed E-state index contributed by atoms with van der Waals surface area (Å²) in [6, 6.07) is 6.34. The second kappa shape index (κ2) is 6.45. The predicted molar refractivity (Wildman–Crippen MR) is 91.7 cm³/mol. The lowest BCUT2D eigenvalue weighted by Crippen LogP contribution is -2.12. The topological polar surface area (TPSA) is 72.7 Å². The molecule has 7 heteroatoms. The van der Waals surface area contributed by atoms with Crippen molar-refractivity contribution in [1.82, 2.24) is 20.0 Å². The van der Waals surface area contributed by atoms with Gasteiger partial charge in [0.25, 0.3) is 0 Å². The maximum Gasteiger partial charge on any atom is 0.226 e. The minimum atomic E-state index is -0.0557. The van der Waals surface area contributed by atoms with Crippen LogP contribution in [0.25, 0.3) is 10.2 Å². The normalized spacial score (nSPS) is 11.3. The van der Waals surface area contributed by atoms with E-state index in [-0.39, 0.29) is 11.9 Å². The van der Waals surface area contributed by atoms with Crippen LogP contribution in [0.4, 0.5) is 5.13 Å². The van der Waals surface area contributed by atoms with E-state index >= 15 is 0 Å². The van der Waals surface area contributed by atoms with Gasteiger partial charge in [-0.15, -0.1) is 5.10 Å². The van der Waals surface area contributed by atoms with Gasteiger partial charge in [-0.2, -0.15) is 0 Å². The van der Waals surface area contributed by atoms with E-state index in [1.807, 2.05) is 39.1 Å². The largest absolute Gasteiger partial charge is 0.302 e. The molecule has 3 aromatic rings. The summed E-state index contributed by atoms with van der Waals surface area (Å²) >= 11 is 1.49. The van der Waals surface area contributed by atoms with Crippen molar-refractivity contribution in [2.24, 2.45) is 0 Å². The second-order valence-corrected chi connectivity index (χ2v) is 6.85. The lowest BCUT2D eigenvalue weighted by atomic mass is 10.2. The number of nitrogens with zero attached hydrogens (tertiary/aromatic N) is 4. The van der Waals surface area contributed by atoms with Crippen molar-refractivity contribution in [3.8, 4) is 0 Å². The molecule has 120 valence electrons. The number of hydrogen-bond donors (Lipinski definition) is 1. The molecule has 3 rings (SSSR count). The average molecular weight is 329 g/mol. The molecule has 1 aromatic carbocycles. The van der Waals surface area contributed by atoms with Crippen LogP contribution in [0.5, 0.6) is 0 Å². The van der Waals surface area contributed by atoms with E-state index < -0.39 is 0 Å². The van der Waals surface area contributed by atoms with Crippen LogP contribution in [0.1, 0.15) is 37.6 Å². The maximum atomic E-state index is 12.1. The Bertz CT molecular complexity index is 836. The maximum absolute atomic E-state index is 12.1. The zero-order chi connectivity index (χ0) is 16.4. The number of aromatic nitrogens is 4. The Morgan fingerprint density at radius 2 is 2.22 bits per heavy atom. The molecule has 0 unspecified atom stereocenters. The Hall–Kier alpha value is -2.28. The third-order valence-electron chi connectivity index (χ3n) is 3.49. The molecule has 0 spiro atoms. The van der Waals surface area contributed by atoms with Crippen molar-refractivity contribution >= 4 is 32.6 Å². The van der Waals surface area contributed by atoms with Gasteiger partial charge in [0.05, 0.1) is 15.9 Å². The molecule has 23 heavy (non-hydrogen) atoms. The predicted octanol–water partition coefficient (Wildman–Crippen LogP) is 3.35. The Kier molecular flexibility index (Phi) is 4.38. The van der Waals surface area contributed by atoms with Gasteiger partial charge in [0.2, 0.25) is 5.91 Å². The van der Waals surface area contributed by atoms with Crippen LogP contribution in [0, 0.1) is 6.92 Å². The van der Waals surface area contributed by atoms with E-state index in [1.54, 1.807) is 4.68 Å². The Morgan fingerprint density at radius 3 is 2.96 bits per heavy atom. The summed E-state index contributed by atoms with van der Waals surface area (Å²) in [6.45, 7) is 6.13. The number of hydrogen-bond acceptors (Lipinski definition) is 5. The van der Waals surface area contributed by atoms with Gasteiger partial charge in [0.15, 0.2) is 5.13 Å². The number of fused-ring (bicyclic) bond motifs is 1. The number of carbonyl (C=O) groups is 1. The second-order valence-electron chi connectivity index (χ2n) is 5.82. The molecule has 0 saturated carbocycles. The molecule has 0 aliphatic heterocycles. The highest BCUT2D eigenvalue weighted by Gasteiger charge is 2.10. The minimum absolute atomic E-state index is 0.0557. The van der Waals surface area contributed by atoms with Gasteiger partial charge in [-0.1, -0.05) is 22.6 Å². The fourth-order valence-corrected chi connectivity index (χ4v) is 3.17. The first-order valence-corrected chi connectivity index (χ1v) is 8.40. The smallest absolute Gasteiger partial charge is 0.226 e. The monoisotopic (exact) mass is 329 g/mol. The summed E-state index contributed by atoms with van der Waals surface area (Å²) < 4.78 is 2.88. The summed E-state index contributed by atoms with van der Waals surface area (Å²) in [6.07, 6.45) is 2.83. The van der Waals surface area contributed by atoms with Gasteiger partial charge in [0, 0.05) is 25.1 Å². The molecule has 0 saturated heterocycles. The van der Waals surface area contributed by atoms with Gasteiger partial charge >= 0.3 is 0 Å². The number of amides is 1. The van der Waals surface area contributed by atoms with Gasteiger partial charge in [-0.25, -0.2) is 9.67 Å². The molecule has 2 heterocycles. The Balaban J connectivity index is 1.59. The molecule has 1 amide bonds. The highest BCUT2D eigenvalue weighted by Crippen LogP contribution is 2.26. The molecule has 2 aromatic heterocycles. The number of aryl methyl sites for hydroxylation is 2. The summed E-state index contributed by atoms with van der Waals surface area (Å²) in [5, 5.41) is 11.6. The molecule has 0 aliphatic carbocycles. The number of anilines is 1. The van der Waals surface area contributed by atoms with Crippen LogP contribution < -0.4 is 5.32 Å². The van der Waals surface area contributed by atoms with Crippen LogP contribution in [-0.2, 0) is 11.2 Å². The molecule has 0 bridgehead atoms. The van der Waals surface area contributed by atoms with E-state index in [9.17, 15) is 4.79 Å². The highest BCUT2D eigenvalue weighted by atomic mass is 32.1. The van der Waals surface area contributed by atoms with Gasteiger partial charge in [-0.3, -0.25) is 4.79 Å². The molecule has 0 radical (unpaired) electrons. The van der Waals surface area contributed by atoms with Gasteiger partial charge in [0.1, 0.15) is 0 Å². The van der Waals surface area contributed by atoms with E-state index in [0.717, 1.165) is 15.9 Å². The number of carbonyl (C=O) groups excluding carboxylic acids is 1. The fraction of sp³-hybridized carbons (Fsp3) is 0.375. The van der Waals surface area contributed by atoms with Crippen molar-refractivity contribution in [1.29, 1.82) is 0 Å². The van der Waals surface area contributed by atoms with E-state index in [0.29, 0.717) is 18.0 Å². The fourth-order valence-electron chi connectivity index (χ4n) is 2.19. The van der Waals surface area contributed by atoms with Crippen molar-refractivity contribution in [3.05, 3.63) is 35.7 Å². The van der Waals surface area contributed by atoms with E-state index in [1.165, 1.54) is 16.9 Å². The first-order valence-electron chi connectivity index (χ1n) is 7.59.